The first-order valence-electron chi connectivity index (χ1n) is 16.8. The van der Waals surface area contributed by atoms with Gasteiger partial charge in [-0.15, -0.1) is 0 Å². The highest BCUT2D eigenvalue weighted by molar-refractivity contribution is 5.99. The molecule has 0 aliphatic carbocycles. The van der Waals surface area contributed by atoms with Gasteiger partial charge in [0.25, 0.3) is 23.6 Å². The van der Waals surface area contributed by atoms with Crippen molar-refractivity contribution >= 4 is 45.4 Å². The largest absolute Gasteiger partial charge is 0.361 e. The summed E-state index contributed by atoms with van der Waals surface area (Å²) in [5, 5.41) is 7.65. The zero-order valence-electron chi connectivity index (χ0n) is 28.7. The molecule has 0 spiro atoms. The highest BCUT2D eigenvalue weighted by Gasteiger charge is 2.25. The number of amides is 4. The van der Waals surface area contributed by atoms with Gasteiger partial charge in [-0.25, -0.2) is 11.0 Å². The van der Waals surface area contributed by atoms with Gasteiger partial charge in [-0.2, -0.15) is 0 Å². The number of benzene rings is 3. The van der Waals surface area contributed by atoms with Crippen LogP contribution >= 0.6 is 0 Å². The molecule has 2 aromatic heterocycles. The highest BCUT2D eigenvalue weighted by atomic mass is 16.7. The maximum Gasteiger partial charge on any atom is 0.274 e. The van der Waals surface area contributed by atoms with E-state index in [1.165, 1.54) is 18.2 Å². The van der Waals surface area contributed by atoms with Crippen molar-refractivity contribution in [3.05, 3.63) is 107 Å². The molecule has 12 heteroatoms. The van der Waals surface area contributed by atoms with Crippen LogP contribution in [-0.4, -0.2) is 58.9 Å². The fourth-order valence-electron chi connectivity index (χ4n) is 5.38. The molecular formula is C38H44N6O6. The van der Waals surface area contributed by atoms with E-state index in [4.69, 9.17) is 9.68 Å². The molecule has 0 unspecified atom stereocenters. The fourth-order valence-corrected chi connectivity index (χ4v) is 5.38. The Labute approximate surface area is 290 Å². The summed E-state index contributed by atoms with van der Waals surface area (Å²) in [6, 6.07) is 21.4. The predicted octanol–water partition coefficient (Wildman–Crippen LogP) is 4.74. The second-order valence-electron chi connectivity index (χ2n) is 13.1. The summed E-state index contributed by atoms with van der Waals surface area (Å²) >= 11 is 0. The number of aromatic amines is 2. The quantitative estimate of drug-likeness (QED) is 0.0824. The van der Waals surface area contributed by atoms with E-state index >= 15 is 0 Å². The second kappa shape index (κ2) is 16.8. The molecule has 262 valence electrons. The number of fused-ring (bicyclic) bond motifs is 2. The smallest absolute Gasteiger partial charge is 0.274 e. The fraction of sp³-hybridized carbons (Fsp3) is 0.316. The first-order chi connectivity index (χ1) is 24.1. The minimum Gasteiger partial charge on any atom is -0.361 e. The third-order valence-corrected chi connectivity index (χ3v) is 8.09. The van der Waals surface area contributed by atoms with Crippen molar-refractivity contribution in [2.75, 3.05) is 13.1 Å². The van der Waals surface area contributed by atoms with Crippen LogP contribution in [0.4, 0.5) is 0 Å². The topological polar surface area (TPSA) is 166 Å². The molecule has 50 heavy (non-hydrogen) atoms. The maximum absolute atomic E-state index is 13.2. The van der Waals surface area contributed by atoms with E-state index < -0.39 is 24.0 Å². The Bertz CT molecular complexity index is 1810. The van der Waals surface area contributed by atoms with Crippen molar-refractivity contribution in [2.45, 2.75) is 52.7 Å². The number of carbonyl (C=O) groups excluding carboxylic acids is 4. The van der Waals surface area contributed by atoms with Gasteiger partial charge >= 0.3 is 0 Å². The number of nitrogens with one attached hydrogen (secondary N) is 6. The average Bonchev–Trinajstić information content (AvgIpc) is 3.73. The van der Waals surface area contributed by atoms with Crippen LogP contribution in [0.3, 0.4) is 0 Å². The molecule has 0 fully saturated rings. The van der Waals surface area contributed by atoms with E-state index in [0.29, 0.717) is 13.1 Å². The van der Waals surface area contributed by atoms with Gasteiger partial charge < -0.3 is 20.6 Å². The van der Waals surface area contributed by atoms with Gasteiger partial charge in [0.1, 0.15) is 0 Å². The molecular weight excluding hydrogens is 636 g/mol. The lowest BCUT2D eigenvalue weighted by Gasteiger charge is -2.19. The summed E-state index contributed by atoms with van der Waals surface area (Å²) in [6.45, 7) is 8.83. The Morgan fingerprint density at radius 1 is 0.600 bits per heavy atom. The zero-order chi connectivity index (χ0) is 35.6. The lowest BCUT2D eigenvalue weighted by Crippen LogP contribution is -2.43. The molecule has 5 rings (SSSR count). The monoisotopic (exact) mass is 680 g/mol. The third-order valence-electron chi connectivity index (χ3n) is 8.09. The van der Waals surface area contributed by atoms with Gasteiger partial charge in [0.2, 0.25) is 0 Å². The molecule has 2 atom stereocenters. The van der Waals surface area contributed by atoms with Crippen molar-refractivity contribution in [3.63, 3.8) is 0 Å². The summed E-state index contributed by atoms with van der Waals surface area (Å²) < 4.78 is 0. The number of hydroxylamine groups is 2. The van der Waals surface area contributed by atoms with Crippen LogP contribution in [-0.2, 0) is 32.1 Å². The van der Waals surface area contributed by atoms with Crippen molar-refractivity contribution < 1.29 is 28.9 Å². The van der Waals surface area contributed by atoms with Gasteiger partial charge in [0.15, 0.2) is 12.2 Å². The van der Waals surface area contributed by atoms with Crippen molar-refractivity contribution in [1.82, 2.24) is 31.6 Å². The number of H-pyrrole nitrogens is 2. The molecule has 6 N–H and O–H groups in total. The van der Waals surface area contributed by atoms with Gasteiger partial charge in [-0.3, -0.25) is 28.9 Å². The summed E-state index contributed by atoms with van der Waals surface area (Å²) in [7, 11) is 0. The van der Waals surface area contributed by atoms with Crippen LogP contribution in [0.1, 0.15) is 59.5 Å². The molecule has 12 nitrogen and oxygen atoms in total. The van der Waals surface area contributed by atoms with E-state index in [0.717, 1.165) is 32.9 Å². The Morgan fingerprint density at radius 2 is 1.02 bits per heavy atom. The number of hydrogen-bond acceptors (Lipinski definition) is 6. The van der Waals surface area contributed by atoms with Crippen LogP contribution in [0.2, 0.25) is 0 Å². The Balaban J connectivity index is 1.24. The van der Waals surface area contributed by atoms with Crippen LogP contribution in [0.25, 0.3) is 21.8 Å². The molecule has 0 aliphatic heterocycles. The second-order valence-corrected chi connectivity index (χ2v) is 13.1. The Morgan fingerprint density at radius 3 is 1.44 bits per heavy atom. The van der Waals surface area contributed by atoms with Crippen molar-refractivity contribution in [2.24, 2.45) is 11.8 Å². The molecule has 0 saturated heterocycles. The molecule has 0 aliphatic rings. The van der Waals surface area contributed by atoms with Crippen molar-refractivity contribution in [3.8, 4) is 0 Å². The van der Waals surface area contributed by atoms with E-state index in [9.17, 15) is 19.2 Å². The van der Waals surface area contributed by atoms with Gasteiger partial charge in [-0.1, -0.05) is 70.2 Å². The SMILES string of the molecule is CC(C)CNC(=O)[C@H](Cc1c[nH]c2ccccc12)ONC(=O)c1cccc(C(=O)NO[C@@H](Cc2c[nH]c3ccccc23)C(=O)NCC(C)C)c1. The molecule has 2 heterocycles. The summed E-state index contributed by atoms with van der Waals surface area (Å²) in [5.74, 6) is -1.59. The Hall–Kier alpha value is -5.46. The molecule has 0 saturated carbocycles. The highest BCUT2D eigenvalue weighted by Crippen LogP contribution is 2.21. The summed E-state index contributed by atoms with van der Waals surface area (Å²) in [6.07, 6.45) is 2.01. The van der Waals surface area contributed by atoms with Gasteiger partial charge in [0.05, 0.1) is 0 Å². The normalized spacial score (nSPS) is 12.6. The number of aromatic nitrogens is 2. The van der Waals surface area contributed by atoms with Crippen LogP contribution in [0, 0.1) is 11.8 Å². The molecule has 3 aromatic carbocycles. The summed E-state index contributed by atoms with van der Waals surface area (Å²) in [4.78, 5) is 70.4. The van der Waals surface area contributed by atoms with Crippen LogP contribution in [0.5, 0.6) is 0 Å². The minimum absolute atomic E-state index is 0.121. The Kier molecular flexibility index (Phi) is 12.0. The molecule has 0 bridgehead atoms. The number of rotatable bonds is 16. The zero-order valence-corrected chi connectivity index (χ0v) is 28.7. The first kappa shape index (κ1) is 35.8. The number of carbonyl (C=O) groups is 4. The van der Waals surface area contributed by atoms with Crippen LogP contribution in [0.15, 0.2) is 85.2 Å². The van der Waals surface area contributed by atoms with E-state index in [1.807, 2.05) is 88.6 Å². The number of para-hydroxylation sites is 2. The van der Waals surface area contributed by atoms with Crippen LogP contribution < -0.4 is 21.6 Å². The van der Waals surface area contributed by atoms with Gasteiger partial charge in [-0.05, 0) is 53.3 Å². The van der Waals surface area contributed by atoms with E-state index in [1.54, 1.807) is 6.07 Å². The van der Waals surface area contributed by atoms with Crippen molar-refractivity contribution in [1.29, 1.82) is 0 Å². The molecule has 0 radical (unpaired) electrons. The van der Waals surface area contributed by atoms with E-state index in [2.05, 4.69) is 31.6 Å². The molecule has 4 amide bonds. The maximum atomic E-state index is 13.2. The minimum atomic E-state index is -1.02. The summed E-state index contributed by atoms with van der Waals surface area (Å²) in [5.41, 5.74) is 8.60. The lowest BCUT2D eigenvalue weighted by molar-refractivity contribution is -0.137. The average molecular weight is 681 g/mol. The molecule has 5 aromatic rings. The first-order valence-corrected chi connectivity index (χ1v) is 16.8. The lowest BCUT2D eigenvalue weighted by atomic mass is 10.1. The van der Waals surface area contributed by atoms with E-state index in [-0.39, 0.29) is 47.6 Å². The standard InChI is InChI=1S/C38H44N6O6/c1-23(2)19-41-37(47)33(17-27-21-39-31-14-7-5-12-29(27)31)49-43-35(45)25-10-9-11-26(16-25)36(46)44-50-34(38(48)42-20-24(3)4)18-28-22-40-32-15-8-6-13-30(28)32/h5-16,21-24,33-34,39-40H,17-20H2,1-4H3,(H,41,47)(H,42,48)(H,43,45)(H,44,46)/t33-,34-/m0/s1. The predicted molar refractivity (Wildman–Crippen MR) is 191 cm³/mol. The number of hydrogen-bond donors (Lipinski definition) is 6. The van der Waals surface area contributed by atoms with Gasteiger partial charge in [0, 0.05) is 71.3 Å². The third kappa shape index (κ3) is 9.36.